The van der Waals surface area contributed by atoms with Crippen LogP contribution in [0, 0.1) is 6.92 Å². The number of likely N-dealkylation sites (N-methyl/N-ethyl adjacent to an activating group) is 1. The van der Waals surface area contributed by atoms with Crippen LogP contribution in [-0.2, 0) is 12.1 Å². The normalized spacial score (nSPS) is 14.0. The standard InChI is InChI=1S/C22H34N4O3/c1-6-23-21(25-16-22(3,27)20-11-10-17(2)29-20)24-15-18-8-7-9-19(14-18)28-13-12-26(4)5/h7-11,14,27H,6,12-13,15-16H2,1-5H3,(H2,23,24,25). The number of aryl methyl sites for hydroxylation is 1. The maximum Gasteiger partial charge on any atom is 0.191 e. The van der Waals surface area contributed by atoms with Crippen LogP contribution in [0.5, 0.6) is 5.75 Å². The molecular weight excluding hydrogens is 368 g/mol. The number of rotatable bonds is 10. The Labute approximate surface area is 173 Å². The Morgan fingerprint density at radius 2 is 2.03 bits per heavy atom. The molecule has 3 N–H and O–H groups in total. The summed E-state index contributed by atoms with van der Waals surface area (Å²) in [4.78, 5) is 6.71. The van der Waals surface area contributed by atoms with Gasteiger partial charge in [-0.25, -0.2) is 4.99 Å². The summed E-state index contributed by atoms with van der Waals surface area (Å²) in [5.74, 6) is 2.78. The Bertz CT molecular complexity index is 784. The maximum atomic E-state index is 10.7. The van der Waals surface area contributed by atoms with Crippen molar-refractivity contribution in [3.05, 3.63) is 53.5 Å². The van der Waals surface area contributed by atoms with Gasteiger partial charge in [0.1, 0.15) is 29.5 Å². The summed E-state index contributed by atoms with van der Waals surface area (Å²) < 4.78 is 11.4. The van der Waals surface area contributed by atoms with Gasteiger partial charge in [0.2, 0.25) is 0 Å². The molecule has 1 aromatic heterocycles. The van der Waals surface area contributed by atoms with Gasteiger partial charge in [-0.3, -0.25) is 0 Å². The summed E-state index contributed by atoms with van der Waals surface area (Å²) in [6.45, 7) is 8.60. The van der Waals surface area contributed by atoms with Crippen LogP contribution >= 0.6 is 0 Å². The highest BCUT2D eigenvalue weighted by Crippen LogP contribution is 2.22. The van der Waals surface area contributed by atoms with Crippen LogP contribution in [0.2, 0.25) is 0 Å². The molecule has 2 rings (SSSR count). The molecule has 0 saturated carbocycles. The zero-order valence-electron chi connectivity index (χ0n) is 18.2. The van der Waals surface area contributed by atoms with Crippen molar-refractivity contribution in [2.24, 2.45) is 4.99 Å². The average Bonchev–Trinajstić information content (AvgIpc) is 3.11. The molecule has 2 aromatic rings. The van der Waals surface area contributed by atoms with E-state index in [1.54, 1.807) is 13.0 Å². The first kappa shape index (κ1) is 22.8. The van der Waals surface area contributed by atoms with E-state index in [0.717, 1.165) is 30.2 Å². The van der Waals surface area contributed by atoms with Crippen molar-refractivity contribution in [3.8, 4) is 5.75 Å². The largest absolute Gasteiger partial charge is 0.492 e. The molecule has 1 aromatic carbocycles. The molecule has 0 bridgehead atoms. The number of nitrogens with one attached hydrogen (secondary N) is 2. The molecule has 7 nitrogen and oxygen atoms in total. The zero-order valence-corrected chi connectivity index (χ0v) is 18.2. The third-order valence-electron chi connectivity index (χ3n) is 4.34. The van der Waals surface area contributed by atoms with Gasteiger partial charge in [-0.05, 0) is 64.7 Å². The Balaban J connectivity index is 1.96. The third-order valence-corrected chi connectivity index (χ3v) is 4.34. The van der Waals surface area contributed by atoms with Gasteiger partial charge in [-0.15, -0.1) is 0 Å². The molecule has 0 aliphatic carbocycles. The van der Waals surface area contributed by atoms with E-state index in [1.807, 2.05) is 58.3 Å². The second-order valence-corrected chi connectivity index (χ2v) is 7.53. The Hall–Kier alpha value is -2.51. The van der Waals surface area contributed by atoms with E-state index in [-0.39, 0.29) is 6.54 Å². The summed E-state index contributed by atoms with van der Waals surface area (Å²) in [5, 5.41) is 17.1. The van der Waals surface area contributed by atoms with E-state index in [0.29, 0.717) is 24.9 Å². The number of furan rings is 1. The van der Waals surface area contributed by atoms with E-state index >= 15 is 0 Å². The van der Waals surface area contributed by atoms with Crippen LogP contribution in [-0.4, -0.2) is 56.3 Å². The van der Waals surface area contributed by atoms with Gasteiger partial charge in [0.15, 0.2) is 5.96 Å². The molecule has 0 spiro atoms. The van der Waals surface area contributed by atoms with Crippen LogP contribution in [0.4, 0.5) is 0 Å². The monoisotopic (exact) mass is 402 g/mol. The Morgan fingerprint density at radius 3 is 2.69 bits per heavy atom. The van der Waals surface area contributed by atoms with Crippen molar-refractivity contribution in [3.63, 3.8) is 0 Å². The van der Waals surface area contributed by atoms with Gasteiger partial charge in [0, 0.05) is 13.1 Å². The fraction of sp³-hybridized carbons (Fsp3) is 0.500. The van der Waals surface area contributed by atoms with Crippen molar-refractivity contribution >= 4 is 5.96 Å². The van der Waals surface area contributed by atoms with Gasteiger partial charge in [-0.1, -0.05) is 12.1 Å². The van der Waals surface area contributed by atoms with Crippen LogP contribution in [0.3, 0.4) is 0 Å². The highest BCUT2D eigenvalue weighted by atomic mass is 16.5. The minimum absolute atomic E-state index is 0.277. The number of benzene rings is 1. The molecule has 0 fully saturated rings. The molecular formula is C22H34N4O3. The van der Waals surface area contributed by atoms with E-state index in [1.165, 1.54) is 0 Å². The fourth-order valence-electron chi connectivity index (χ4n) is 2.66. The minimum atomic E-state index is -1.13. The lowest BCUT2D eigenvalue weighted by molar-refractivity contribution is 0.0378. The number of guanidine groups is 1. The van der Waals surface area contributed by atoms with Crippen molar-refractivity contribution in [2.75, 3.05) is 40.3 Å². The molecule has 0 saturated heterocycles. The summed E-state index contributed by atoms with van der Waals surface area (Å²) in [5.41, 5.74) is -0.0806. The second-order valence-electron chi connectivity index (χ2n) is 7.53. The van der Waals surface area contributed by atoms with Crippen molar-refractivity contribution in [1.82, 2.24) is 15.5 Å². The molecule has 160 valence electrons. The fourth-order valence-corrected chi connectivity index (χ4v) is 2.66. The van der Waals surface area contributed by atoms with Gasteiger partial charge in [0.05, 0.1) is 13.1 Å². The molecule has 0 radical (unpaired) electrons. The predicted octanol–water partition coefficient (Wildman–Crippen LogP) is 2.49. The lowest BCUT2D eigenvalue weighted by Gasteiger charge is -2.22. The summed E-state index contributed by atoms with van der Waals surface area (Å²) in [6.07, 6.45) is 0. The molecule has 0 amide bonds. The maximum absolute atomic E-state index is 10.7. The zero-order chi connectivity index (χ0) is 21.3. The molecule has 7 heteroatoms. The van der Waals surface area contributed by atoms with Crippen LogP contribution in [0.25, 0.3) is 0 Å². The van der Waals surface area contributed by atoms with Crippen LogP contribution in [0.15, 0.2) is 45.8 Å². The van der Waals surface area contributed by atoms with Gasteiger partial charge in [0.25, 0.3) is 0 Å². The molecule has 1 heterocycles. The van der Waals surface area contributed by atoms with Crippen molar-refractivity contribution in [2.45, 2.75) is 32.9 Å². The van der Waals surface area contributed by atoms with Gasteiger partial charge in [-0.2, -0.15) is 0 Å². The van der Waals surface area contributed by atoms with Crippen LogP contribution in [0.1, 0.15) is 30.9 Å². The second kappa shape index (κ2) is 10.9. The SMILES string of the molecule is CCNC(=NCc1cccc(OCCN(C)C)c1)NCC(C)(O)c1ccc(C)o1. The highest BCUT2D eigenvalue weighted by molar-refractivity contribution is 5.79. The molecule has 0 aliphatic heterocycles. The number of aliphatic imine (C=N–C) groups is 1. The molecule has 1 atom stereocenters. The first-order chi connectivity index (χ1) is 13.8. The van der Waals surface area contributed by atoms with E-state index in [2.05, 4.69) is 20.5 Å². The molecule has 1 unspecified atom stereocenters. The average molecular weight is 403 g/mol. The summed E-state index contributed by atoms with van der Waals surface area (Å²) in [7, 11) is 4.04. The van der Waals surface area contributed by atoms with Gasteiger partial charge < -0.3 is 29.8 Å². The third kappa shape index (κ3) is 7.79. The summed E-state index contributed by atoms with van der Waals surface area (Å²) >= 11 is 0. The number of aliphatic hydroxyl groups is 1. The summed E-state index contributed by atoms with van der Waals surface area (Å²) in [6, 6.07) is 11.6. The number of hydrogen-bond acceptors (Lipinski definition) is 5. The smallest absolute Gasteiger partial charge is 0.191 e. The quantitative estimate of drug-likeness (QED) is 0.418. The van der Waals surface area contributed by atoms with E-state index in [9.17, 15) is 5.11 Å². The Kier molecular flexibility index (Phi) is 8.54. The topological polar surface area (TPSA) is 82.3 Å². The highest BCUT2D eigenvalue weighted by Gasteiger charge is 2.27. The lowest BCUT2D eigenvalue weighted by atomic mass is 10.0. The molecule has 29 heavy (non-hydrogen) atoms. The van der Waals surface area contributed by atoms with Crippen molar-refractivity contribution < 1.29 is 14.3 Å². The van der Waals surface area contributed by atoms with E-state index in [4.69, 9.17) is 9.15 Å². The Morgan fingerprint density at radius 1 is 1.24 bits per heavy atom. The first-order valence-corrected chi connectivity index (χ1v) is 9.98. The lowest BCUT2D eigenvalue weighted by Crippen LogP contribution is -2.44. The van der Waals surface area contributed by atoms with Crippen molar-refractivity contribution in [1.29, 1.82) is 0 Å². The van der Waals surface area contributed by atoms with E-state index < -0.39 is 5.60 Å². The first-order valence-electron chi connectivity index (χ1n) is 9.98. The minimum Gasteiger partial charge on any atom is -0.492 e. The number of hydrogen-bond donors (Lipinski definition) is 3. The van der Waals surface area contributed by atoms with Crippen LogP contribution < -0.4 is 15.4 Å². The number of nitrogens with zero attached hydrogens (tertiary/aromatic N) is 2. The molecule has 0 aliphatic rings. The van der Waals surface area contributed by atoms with Gasteiger partial charge >= 0.3 is 0 Å². The number of ether oxygens (including phenoxy) is 1. The predicted molar refractivity (Wildman–Crippen MR) is 116 cm³/mol.